The average molecular weight is 340 g/mol. The number of benzene rings is 1. The molecule has 0 fully saturated rings. The predicted octanol–water partition coefficient (Wildman–Crippen LogP) is 2.21. The second-order valence-corrected chi connectivity index (χ2v) is 6.94. The first-order chi connectivity index (χ1) is 10.9. The van der Waals surface area contributed by atoms with Gasteiger partial charge in [-0.05, 0) is 24.3 Å². The summed E-state index contributed by atoms with van der Waals surface area (Å²) in [6, 6.07) is 9.08. The van der Waals surface area contributed by atoms with E-state index in [1.807, 2.05) is 0 Å². The normalized spacial score (nSPS) is 11.6. The zero-order valence-electron chi connectivity index (χ0n) is 12.5. The van der Waals surface area contributed by atoms with E-state index in [9.17, 15) is 17.6 Å². The highest BCUT2D eigenvalue weighted by atomic mass is 32.2. The van der Waals surface area contributed by atoms with Gasteiger partial charge in [-0.2, -0.15) is 4.31 Å². The van der Waals surface area contributed by atoms with Gasteiger partial charge in [0.15, 0.2) is 0 Å². The first-order valence-electron chi connectivity index (χ1n) is 6.88. The lowest BCUT2D eigenvalue weighted by atomic mass is 10.3. The van der Waals surface area contributed by atoms with Gasteiger partial charge in [0.25, 0.3) is 0 Å². The highest BCUT2D eigenvalue weighted by molar-refractivity contribution is 7.88. The lowest BCUT2D eigenvalue weighted by molar-refractivity contribution is -0.116. The number of anilines is 1. The van der Waals surface area contributed by atoms with Crippen LogP contribution in [0.5, 0.6) is 0 Å². The van der Waals surface area contributed by atoms with E-state index < -0.39 is 21.7 Å². The van der Waals surface area contributed by atoms with Crippen LogP contribution in [0.3, 0.4) is 0 Å². The molecule has 1 heterocycles. The molecule has 0 atom stereocenters. The molecule has 0 spiro atoms. The van der Waals surface area contributed by atoms with Crippen LogP contribution in [0.25, 0.3) is 0 Å². The molecular formula is C15H17FN2O4S. The maximum Gasteiger partial charge on any atom is 0.225 e. The number of rotatable bonds is 7. The number of furan rings is 1. The summed E-state index contributed by atoms with van der Waals surface area (Å²) in [7, 11) is -3.50. The summed E-state index contributed by atoms with van der Waals surface area (Å²) in [4.78, 5) is 11.9. The fraction of sp³-hybridized carbons (Fsp3) is 0.267. The molecule has 124 valence electrons. The van der Waals surface area contributed by atoms with Gasteiger partial charge in [-0.3, -0.25) is 4.79 Å². The zero-order valence-corrected chi connectivity index (χ0v) is 13.3. The van der Waals surface area contributed by atoms with Crippen LogP contribution in [0.4, 0.5) is 10.1 Å². The topological polar surface area (TPSA) is 79.6 Å². The van der Waals surface area contributed by atoms with Gasteiger partial charge >= 0.3 is 0 Å². The number of hydrogen-bond acceptors (Lipinski definition) is 4. The van der Waals surface area contributed by atoms with Crippen molar-refractivity contribution in [2.45, 2.75) is 13.0 Å². The van der Waals surface area contributed by atoms with E-state index in [0.717, 1.165) is 10.6 Å². The number of carbonyl (C=O) groups is 1. The fourth-order valence-corrected chi connectivity index (χ4v) is 2.72. The van der Waals surface area contributed by atoms with Gasteiger partial charge < -0.3 is 9.73 Å². The number of nitrogens with zero attached hydrogens (tertiary/aromatic N) is 1. The van der Waals surface area contributed by atoms with Crippen LogP contribution in [0.2, 0.25) is 0 Å². The van der Waals surface area contributed by atoms with Gasteiger partial charge in [0.2, 0.25) is 15.9 Å². The Morgan fingerprint density at radius 3 is 2.61 bits per heavy atom. The van der Waals surface area contributed by atoms with Crippen LogP contribution in [0, 0.1) is 5.82 Å². The van der Waals surface area contributed by atoms with Crippen LogP contribution in [0.15, 0.2) is 47.1 Å². The Morgan fingerprint density at radius 2 is 2.00 bits per heavy atom. The standard InChI is InChI=1S/C15H17FN2O4S/c1-23(20,21)18(11-12-5-4-10-22-12)9-8-15(19)17-14-7-3-2-6-13(14)16/h2-7,10H,8-9,11H2,1H3,(H,17,19). The maximum absolute atomic E-state index is 13.5. The molecule has 6 nitrogen and oxygen atoms in total. The highest BCUT2D eigenvalue weighted by Gasteiger charge is 2.19. The summed E-state index contributed by atoms with van der Waals surface area (Å²) in [6.45, 7) is 0.0125. The number of amides is 1. The third-order valence-corrected chi connectivity index (χ3v) is 4.37. The van der Waals surface area contributed by atoms with E-state index in [4.69, 9.17) is 4.42 Å². The molecule has 0 radical (unpaired) electrons. The van der Waals surface area contributed by atoms with Crippen molar-refractivity contribution in [2.75, 3.05) is 18.1 Å². The largest absolute Gasteiger partial charge is 0.468 e. The maximum atomic E-state index is 13.5. The monoisotopic (exact) mass is 340 g/mol. The Morgan fingerprint density at radius 1 is 1.26 bits per heavy atom. The van der Waals surface area contributed by atoms with E-state index >= 15 is 0 Å². The van der Waals surface area contributed by atoms with E-state index in [0.29, 0.717) is 5.76 Å². The van der Waals surface area contributed by atoms with Crippen LogP contribution in [-0.2, 0) is 21.4 Å². The third-order valence-electron chi connectivity index (χ3n) is 3.12. The summed E-state index contributed by atoms with van der Waals surface area (Å²) in [5.74, 6) is -0.537. The van der Waals surface area contributed by atoms with E-state index in [-0.39, 0.29) is 25.2 Å². The predicted molar refractivity (Wildman–Crippen MR) is 83.6 cm³/mol. The van der Waals surface area contributed by atoms with Crippen molar-refractivity contribution >= 4 is 21.6 Å². The Labute approximate surface area is 134 Å². The zero-order chi connectivity index (χ0) is 16.9. The van der Waals surface area contributed by atoms with Crippen LogP contribution in [0.1, 0.15) is 12.2 Å². The highest BCUT2D eigenvalue weighted by Crippen LogP contribution is 2.14. The molecule has 23 heavy (non-hydrogen) atoms. The van der Waals surface area contributed by atoms with Gasteiger partial charge in [0.05, 0.1) is 24.8 Å². The molecule has 2 aromatic rings. The molecule has 0 unspecified atom stereocenters. The summed E-state index contributed by atoms with van der Waals surface area (Å²) >= 11 is 0. The molecule has 0 bridgehead atoms. The van der Waals surface area contributed by atoms with Gasteiger partial charge in [-0.15, -0.1) is 0 Å². The number of hydrogen-bond donors (Lipinski definition) is 1. The SMILES string of the molecule is CS(=O)(=O)N(CCC(=O)Nc1ccccc1F)Cc1ccco1. The summed E-state index contributed by atoms with van der Waals surface area (Å²) in [6.07, 6.45) is 2.41. The van der Waals surface area contributed by atoms with E-state index in [1.165, 1.54) is 24.5 Å². The molecule has 1 amide bonds. The number of nitrogens with one attached hydrogen (secondary N) is 1. The molecule has 0 saturated heterocycles. The van der Waals surface area contributed by atoms with Crippen molar-refractivity contribution < 1.29 is 22.0 Å². The van der Waals surface area contributed by atoms with Gasteiger partial charge in [-0.1, -0.05) is 12.1 Å². The number of halogens is 1. The Bertz CT molecular complexity index is 760. The van der Waals surface area contributed by atoms with Crippen molar-refractivity contribution in [3.63, 3.8) is 0 Å². The quantitative estimate of drug-likeness (QED) is 0.838. The van der Waals surface area contributed by atoms with Crippen LogP contribution in [-0.4, -0.2) is 31.4 Å². The third kappa shape index (κ3) is 5.19. The molecule has 1 aromatic heterocycles. The Kier molecular flexibility index (Phi) is 5.51. The molecule has 0 aliphatic rings. The molecule has 0 aliphatic heterocycles. The van der Waals surface area contributed by atoms with Crippen LogP contribution < -0.4 is 5.32 Å². The molecule has 1 aromatic carbocycles. The Hall–Kier alpha value is -2.19. The van der Waals surface area contributed by atoms with E-state index in [1.54, 1.807) is 18.2 Å². The summed E-state index contributed by atoms with van der Waals surface area (Å²) in [5, 5.41) is 2.42. The Balaban J connectivity index is 1.95. The van der Waals surface area contributed by atoms with Crippen molar-refractivity contribution in [2.24, 2.45) is 0 Å². The minimum absolute atomic E-state index is 0.0280. The van der Waals surface area contributed by atoms with Gasteiger partial charge in [0.1, 0.15) is 11.6 Å². The van der Waals surface area contributed by atoms with Gasteiger partial charge in [-0.25, -0.2) is 12.8 Å². The molecule has 0 aliphatic carbocycles. The number of carbonyl (C=O) groups excluding carboxylic acids is 1. The lowest BCUT2D eigenvalue weighted by Gasteiger charge is -2.18. The molecular weight excluding hydrogens is 323 g/mol. The summed E-state index contributed by atoms with van der Waals surface area (Å²) in [5.41, 5.74) is 0.0643. The smallest absolute Gasteiger partial charge is 0.225 e. The molecule has 8 heteroatoms. The second kappa shape index (κ2) is 7.38. The van der Waals surface area contributed by atoms with Crippen LogP contribution >= 0.6 is 0 Å². The van der Waals surface area contributed by atoms with Gasteiger partial charge in [0, 0.05) is 13.0 Å². The van der Waals surface area contributed by atoms with Crippen molar-refractivity contribution in [3.8, 4) is 0 Å². The van der Waals surface area contributed by atoms with Crippen molar-refractivity contribution in [3.05, 3.63) is 54.2 Å². The number of para-hydroxylation sites is 1. The average Bonchev–Trinajstić information content (AvgIpc) is 2.98. The first kappa shape index (κ1) is 17.2. The minimum atomic E-state index is -3.50. The molecule has 0 saturated carbocycles. The van der Waals surface area contributed by atoms with Crippen molar-refractivity contribution in [1.82, 2.24) is 4.31 Å². The minimum Gasteiger partial charge on any atom is -0.468 e. The molecule has 2 rings (SSSR count). The number of sulfonamides is 1. The lowest BCUT2D eigenvalue weighted by Crippen LogP contribution is -2.32. The van der Waals surface area contributed by atoms with Crippen molar-refractivity contribution in [1.29, 1.82) is 0 Å². The first-order valence-corrected chi connectivity index (χ1v) is 8.73. The second-order valence-electron chi connectivity index (χ2n) is 4.95. The fourth-order valence-electron chi connectivity index (χ4n) is 1.94. The molecule has 1 N–H and O–H groups in total. The van der Waals surface area contributed by atoms with E-state index in [2.05, 4.69) is 5.32 Å². The summed E-state index contributed by atoms with van der Waals surface area (Å²) < 4.78 is 43.3.